The number of aliphatic hydroxyl groups is 1. The van der Waals surface area contributed by atoms with Crippen LogP contribution in [-0.2, 0) is 12.8 Å². The molecule has 0 radical (unpaired) electrons. The van der Waals surface area contributed by atoms with E-state index in [9.17, 15) is 13.2 Å². The highest BCUT2D eigenvalue weighted by Crippen LogP contribution is 2.23. The molecule has 1 nitrogen and oxygen atoms in total. The lowest BCUT2D eigenvalue weighted by Gasteiger charge is -2.11. The molecule has 0 aliphatic carbocycles. The van der Waals surface area contributed by atoms with Crippen LogP contribution < -0.4 is 0 Å². The van der Waals surface area contributed by atoms with Crippen molar-refractivity contribution >= 4 is 0 Å². The molecule has 0 amide bonds. The molecular formula is C11H13F3O. The van der Waals surface area contributed by atoms with Crippen molar-refractivity contribution in [3.63, 3.8) is 0 Å². The number of rotatable bonds is 4. The zero-order valence-corrected chi connectivity index (χ0v) is 8.22. The summed E-state index contributed by atoms with van der Waals surface area (Å²) in [4.78, 5) is 0. The fourth-order valence-corrected chi connectivity index (χ4v) is 1.46. The first-order valence-corrected chi connectivity index (χ1v) is 4.77. The molecule has 1 rings (SSSR count). The molecule has 0 bridgehead atoms. The van der Waals surface area contributed by atoms with Crippen LogP contribution in [0, 0.1) is 0 Å². The molecule has 0 aliphatic heterocycles. The van der Waals surface area contributed by atoms with Gasteiger partial charge >= 0.3 is 6.18 Å². The summed E-state index contributed by atoms with van der Waals surface area (Å²) in [5.41, 5.74) is 0.974. The number of benzene rings is 1. The van der Waals surface area contributed by atoms with Gasteiger partial charge in [0.15, 0.2) is 0 Å². The van der Waals surface area contributed by atoms with E-state index in [-0.39, 0.29) is 6.61 Å². The van der Waals surface area contributed by atoms with Crippen molar-refractivity contribution in [1.29, 1.82) is 0 Å². The predicted molar refractivity (Wildman–Crippen MR) is 51.6 cm³/mol. The number of halogens is 3. The number of hydrogen-bond donors (Lipinski definition) is 1. The zero-order valence-electron chi connectivity index (χ0n) is 8.22. The number of aliphatic hydroxyl groups excluding tert-OH is 1. The minimum atomic E-state index is -4.17. The highest BCUT2D eigenvalue weighted by molar-refractivity contribution is 5.28. The van der Waals surface area contributed by atoms with Gasteiger partial charge in [-0.15, -0.1) is 0 Å². The maximum absolute atomic E-state index is 12.2. The number of alkyl halides is 3. The fourth-order valence-electron chi connectivity index (χ4n) is 1.46. The molecule has 84 valence electrons. The molecule has 0 aromatic heterocycles. The number of aryl methyl sites for hydroxylation is 1. The summed E-state index contributed by atoms with van der Waals surface area (Å²) in [6.45, 7) is 0.000349. The van der Waals surface area contributed by atoms with Crippen molar-refractivity contribution < 1.29 is 18.3 Å². The summed E-state index contributed by atoms with van der Waals surface area (Å²) >= 11 is 0. The summed E-state index contributed by atoms with van der Waals surface area (Å²) < 4.78 is 36.6. The van der Waals surface area contributed by atoms with Crippen LogP contribution in [0.2, 0.25) is 0 Å². The molecule has 1 aromatic carbocycles. The zero-order chi connectivity index (χ0) is 11.3. The lowest BCUT2D eigenvalue weighted by molar-refractivity contribution is -0.127. The second-order valence-electron chi connectivity index (χ2n) is 3.39. The average molecular weight is 218 g/mol. The Labute approximate surface area is 86.5 Å². The standard InChI is InChI=1S/C11H13F3O/c12-11(13,14)8-10-5-2-1-4-9(10)6-3-7-15/h1-2,4-5,15H,3,6-8H2. The molecule has 0 saturated carbocycles. The van der Waals surface area contributed by atoms with Crippen LogP contribution in [0.25, 0.3) is 0 Å². The van der Waals surface area contributed by atoms with Gasteiger partial charge in [0, 0.05) is 6.61 Å². The van der Waals surface area contributed by atoms with Crippen molar-refractivity contribution in [1.82, 2.24) is 0 Å². The third-order valence-electron chi connectivity index (χ3n) is 2.11. The second-order valence-corrected chi connectivity index (χ2v) is 3.39. The second kappa shape index (κ2) is 5.16. The lowest BCUT2D eigenvalue weighted by atomic mass is 10.0. The van der Waals surface area contributed by atoms with E-state index in [1.807, 2.05) is 0 Å². The minimum Gasteiger partial charge on any atom is -0.396 e. The largest absolute Gasteiger partial charge is 0.396 e. The van der Waals surface area contributed by atoms with Crippen molar-refractivity contribution in [2.75, 3.05) is 6.61 Å². The van der Waals surface area contributed by atoms with E-state index in [0.717, 1.165) is 0 Å². The third-order valence-corrected chi connectivity index (χ3v) is 2.11. The van der Waals surface area contributed by atoms with Crippen molar-refractivity contribution in [2.45, 2.75) is 25.4 Å². The average Bonchev–Trinajstić information content (AvgIpc) is 2.14. The Hall–Kier alpha value is -1.03. The highest BCUT2D eigenvalue weighted by Gasteiger charge is 2.28. The summed E-state index contributed by atoms with van der Waals surface area (Å²) in [7, 11) is 0. The van der Waals surface area contributed by atoms with E-state index < -0.39 is 12.6 Å². The molecule has 1 N–H and O–H groups in total. The van der Waals surface area contributed by atoms with Crippen LogP contribution in [0.5, 0.6) is 0 Å². The van der Waals surface area contributed by atoms with Crippen LogP contribution in [0.4, 0.5) is 13.2 Å². The normalized spacial score (nSPS) is 11.7. The van der Waals surface area contributed by atoms with E-state index in [2.05, 4.69) is 0 Å². The third kappa shape index (κ3) is 4.34. The molecule has 0 aliphatic rings. The van der Waals surface area contributed by atoms with Crippen molar-refractivity contribution in [3.8, 4) is 0 Å². The summed E-state index contributed by atoms with van der Waals surface area (Å²) in [6, 6.07) is 6.48. The van der Waals surface area contributed by atoms with Gasteiger partial charge in [0.1, 0.15) is 0 Å². The highest BCUT2D eigenvalue weighted by atomic mass is 19.4. The molecule has 0 heterocycles. The molecule has 15 heavy (non-hydrogen) atoms. The van der Waals surface area contributed by atoms with Crippen molar-refractivity contribution in [3.05, 3.63) is 35.4 Å². The van der Waals surface area contributed by atoms with Gasteiger partial charge < -0.3 is 5.11 Å². The van der Waals surface area contributed by atoms with Crippen LogP contribution in [0.15, 0.2) is 24.3 Å². The van der Waals surface area contributed by atoms with E-state index >= 15 is 0 Å². The van der Waals surface area contributed by atoms with Gasteiger partial charge in [0.2, 0.25) is 0 Å². The molecule has 1 aromatic rings. The van der Waals surface area contributed by atoms with Crippen LogP contribution in [-0.4, -0.2) is 17.9 Å². The molecular weight excluding hydrogens is 205 g/mol. The van der Waals surface area contributed by atoms with Gasteiger partial charge in [-0.25, -0.2) is 0 Å². The summed E-state index contributed by atoms with van der Waals surface area (Å²) in [5.74, 6) is 0. The van der Waals surface area contributed by atoms with Crippen LogP contribution >= 0.6 is 0 Å². The molecule has 0 saturated heterocycles. The van der Waals surface area contributed by atoms with Gasteiger partial charge in [-0.3, -0.25) is 0 Å². The maximum Gasteiger partial charge on any atom is 0.393 e. The number of hydrogen-bond acceptors (Lipinski definition) is 1. The Morgan fingerprint density at radius 2 is 1.67 bits per heavy atom. The van der Waals surface area contributed by atoms with E-state index in [1.54, 1.807) is 18.2 Å². The van der Waals surface area contributed by atoms with Gasteiger partial charge in [0.25, 0.3) is 0 Å². The van der Waals surface area contributed by atoms with E-state index in [4.69, 9.17) is 5.11 Å². The summed E-state index contributed by atoms with van der Waals surface area (Å²) in [6.07, 6.45) is -4.08. The van der Waals surface area contributed by atoms with Gasteiger partial charge in [-0.2, -0.15) is 13.2 Å². The molecule has 0 unspecified atom stereocenters. The monoisotopic (exact) mass is 218 g/mol. The van der Waals surface area contributed by atoms with Gasteiger partial charge in [-0.05, 0) is 24.0 Å². The fraction of sp³-hybridized carbons (Fsp3) is 0.455. The first kappa shape index (κ1) is 12.0. The van der Waals surface area contributed by atoms with Crippen molar-refractivity contribution in [2.24, 2.45) is 0 Å². The Morgan fingerprint density at radius 3 is 2.20 bits per heavy atom. The van der Waals surface area contributed by atoms with Crippen LogP contribution in [0.3, 0.4) is 0 Å². The molecule has 0 fully saturated rings. The Bertz CT molecular complexity index is 307. The lowest BCUT2D eigenvalue weighted by Crippen LogP contribution is -2.13. The summed E-state index contributed by atoms with van der Waals surface area (Å²) in [5, 5.41) is 8.63. The van der Waals surface area contributed by atoms with E-state index in [1.165, 1.54) is 6.07 Å². The van der Waals surface area contributed by atoms with Gasteiger partial charge in [-0.1, -0.05) is 24.3 Å². The Balaban J connectivity index is 2.77. The SMILES string of the molecule is OCCCc1ccccc1CC(F)(F)F. The first-order chi connectivity index (χ1) is 7.03. The van der Waals surface area contributed by atoms with E-state index in [0.29, 0.717) is 24.0 Å². The molecule has 0 spiro atoms. The Kier molecular flexibility index (Phi) is 4.15. The maximum atomic E-state index is 12.2. The topological polar surface area (TPSA) is 20.2 Å². The smallest absolute Gasteiger partial charge is 0.393 e. The Morgan fingerprint density at radius 1 is 1.07 bits per heavy atom. The minimum absolute atomic E-state index is 0.000349. The molecule has 0 atom stereocenters. The first-order valence-electron chi connectivity index (χ1n) is 4.77. The molecule has 4 heteroatoms. The quantitative estimate of drug-likeness (QED) is 0.823. The predicted octanol–water partition coefficient (Wildman–Crippen LogP) is 2.72. The van der Waals surface area contributed by atoms with Gasteiger partial charge in [0.05, 0.1) is 6.42 Å². The van der Waals surface area contributed by atoms with Crippen LogP contribution in [0.1, 0.15) is 17.5 Å².